The lowest BCUT2D eigenvalue weighted by atomic mass is 9.97. The molecular weight excluding hydrogens is 380 g/mol. The number of rotatable bonds is 2. The highest BCUT2D eigenvalue weighted by atomic mass is 35.5. The predicted octanol–water partition coefficient (Wildman–Crippen LogP) is 5.72. The first kappa shape index (κ1) is 16.8. The van der Waals surface area contributed by atoms with Crippen LogP contribution in [0.15, 0.2) is 52.9 Å². The molecule has 1 aliphatic heterocycles. The van der Waals surface area contributed by atoms with Gasteiger partial charge in [0, 0.05) is 29.4 Å². The number of para-hydroxylation sites is 1. The van der Waals surface area contributed by atoms with E-state index < -0.39 is 0 Å². The van der Waals surface area contributed by atoms with Crippen LogP contribution in [-0.4, -0.2) is 28.9 Å². The normalized spacial score (nSPS) is 15.7. The number of halogens is 1. The number of amides is 1. The lowest BCUT2D eigenvalue weighted by Crippen LogP contribution is -2.37. The molecule has 1 aliphatic rings. The molecule has 0 aliphatic carbocycles. The van der Waals surface area contributed by atoms with E-state index in [2.05, 4.69) is 12.1 Å². The molecule has 4 aromatic rings. The van der Waals surface area contributed by atoms with Gasteiger partial charge in [-0.15, -0.1) is 11.3 Å². The van der Waals surface area contributed by atoms with E-state index in [9.17, 15) is 4.79 Å². The summed E-state index contributed by atoms with van der Waals surface area (Å²) in [6.07, 6.45) is 1.86. The summed E-state index contributed by atoms with van der Waals surface area (Å²) in [6.45, 7) is 1.44. The number of aromatic nitrogens is 1. The van der Waals surface area contributed by atoms with Crippen molar-refractivity contribution in [1.82, 2.24) is 9.88 Å². The fourth-order valence-corrected chi connectivity index (χ4v) is 4.99. The van der Waals surface area contributed by atoms with Crippen LogP contribution in [0.3, 0.4) is 0 Å². The van der Waals surface area contributed by atoms with Crippen molar-refractivity contribution in [2.75, 3.05) is 13.1 Å². The topological polar surface area (TPSA) is 46.3 Å². The van der Waals surface area contributed by atoms with E-state index in [1.165, 1.54) is 9.71 Å². The van der Waals surface area contributed by atoms with E-state index in [0.717, 1.165) is 36.8 Å². The number of carbonyl (C=O) groups excluding carboxylic acids is 1. The zero-order valence-corrected chi connectivity index (χ0v) is 16.1. The van der Waals surface area contributed by atoms with Gasteiger partial charge in [-0.1, -0.05) is 23.7 Å². The molecule has 27 heavy (non-hydrogen) atoms. The molecule has 3 heterocycles. The minimum atomic E-state index is -0.0509. The summed E-state index contributed by atoms with van der Waals surface area (Å²) < 4.78 is 6.96. The van der Waals surface area contributed by atoms with E-state index in [1.807, 2.05) is 23.1 Å². The van der Waals surface area contributed by atoms with Crippen LogP contribution < -0.4 is 0 Å². The van der Waals surface area contributed by atoms with Gasteiger partial charge in [0.15, 0.2) is 5.76 Å². The first-order valence-electron chi connectivity index (χ1n) is 9.01. The number of hydrogen-bond acceptors (Lipinski definition) is 4. The first-order chi connectivity index (χ1) is 13.2. The third kappa shape index (κ3) is 3.11. The SMILES string of the molecule is O=C(c1cc2cc(Cl)ccc2o1)N1CCC(c2nc3ccccc3s2)CC1. The van der Waals surface area contributed by atoms with Crippen LogP contribution >= 0.6 is 22.9 Å². The van der Waals surface area contributed by atoms with Crippen LogP contribution in [0.25, 0.3) is 21.2 Å². The molecule has 0 saturated carbocycles. The van der Waals surface area contributed by atoms with Crippen LogP contribution in [0.2, 0.25) is 5.02 Å². The lowest BCUT2D eigenvalue weighted by Gasteiger charge is -2.30. The quantitative estimate of drug-likeness (QED) is 0.435. The van der Waals surface area contributed by atoms with Crippen molar-refractivity contribution in [3.8, 4) is 0 Å². The molecule has 6 heteroatoms. The number of likely N-dealkylation sites (tertiary alicyclic amines) is 1. The summed E-state index contributed by atoms with van der Waals surface area (Å²) >= 11 is 7.79. The molecule has 0 unspecified atom stereocenters. The minimum Gasteiger partial charge on any atom is -0.451 e. The van der Waals surface area contributed by atoms with Gasteiger partial charge in [-0.25, -0.2) is 4.98 Å². The third-order valence-electron chi connectivity index (χ3n) is 5.13. The Bertz CT molecular complexity index is 1110. The van der Waals surface area contributed by atoms with Gasteiger partial charge in [0.2, 0.25) is 0 Å². The maximum atomic E-state index is 12.8. The van der Waals surface area contributed by atoms with Crippen molar-refractivity contribution >= 4 is 50.0 Å². The predicted molar refractivity (Wildman–Crippen MR) is 109 cm³/mol. The van der Waals surface area contributed by atoms with Gasteiger partial charge in [0.1, 0.15) is 5.58 Å². The summed E-state index contributed by atoms with van der Waals surface area (Å²) in [5.74, 6) is 0.747. The van der Waals surface area contributed by atoms with Gasteiger partial charge in [0.05, 0.1) is 15.2 Å². The fourth-order valence-electron chi connectivity index (χ4n) is 3.67. The maximum Gasteiger partial charge on any atom is 0.289 e. The summed E-state index contributed by atoms with van der Waals surface area (Å²) in [4.78, 5) is 19.5. The molecule has 0 radical (unpaired) electrons. The van der Waals surface area contributed by atoms with Crippen LogP contribution in [0.1, 0.15) is 34.3 Å². The van der Waals surface area contributed by atoms with Crippen LogP contribution in [0.4, 0.5) is 0 Å². The van der Waals surface area contributed by atoms with Gasteiger partial charge in [0.25, 0.3) is 5.91 Å². The Balaban J connectivity index is 1.31. The minimum absolute atomic E-state index is 0.0509. The summed E-state index contributed by atoms with van der Waals surface area (Å²) in [6, 6.07) is 15.4. The van der Waals surface area contributed by atoms with Crippen molar-refractivity contribution < 1.29 is 9.21 Å². The Kier molecular flexibility index (Phi) is 4.14. The Morgan fingerprint density at radius 1 is 1.15 bits per heavy atom. The van der Waals surface area contributed by atoms with Gasteiger partial charge >= 0.3 is 0 Å². The Labute approximate surface area is 165 Å². The number of hydrogen-bond donors (Lipinski definition) is 0. The van der Waals surface area contributed by atoms with Gasteiger partial charge in [-0.2, -0.15) is 0 Å². The van der Waals surface area contributed by atoms with E-state index in [4.69, 9.17) is 21.0 Å². The highest BCUT2D eigenvalue weighted by Crippen LogP contribution is 2.34. The van der Waals surface area contributed by atoms with Crippen LogP contribution in [0, 0.1) is 0 Å². The first-order valence-corrected chi connectivity index (χ1v) is 10.2. The van der Waals surface area contributed by atoms with Gasteiger partial charge in [-0.3, -0.25) is 4.79 Å². The summed E-state index contributed by atoms with van der Waals surface area (Å²) in [7, 11) is 0. The van der Waals surface area contributed by atoms with E-state index in [-0.39, 0.29) is 5.91 Å². The van der Waals surface area contributed by atoms with E-state index >= 15 is 0 Å². The Morgan fingerprint density at radius 2 is 1.96 bits per heavy atom. The molecule has 1 saturated heterocycles. The Hall–Kier alpha value is -2.37. The average molecular weight is 397 g/mol. The zero-order valence-electron chi connectivity index (χ0n) is 14.5. The molecule has 5 rings (SSSR count). The molecule has 0 atom stereocenters. The van der Waals surface area contributed by atoms with Crippen molar-refractivity contribution in [3.05, 3.63) is 64.3 Å². The molecule has 0 spiro atoms. The number of piperidine rings is 1. The highest BCUT2D eigenvalue weighted by molar-refractivity contribution is 7.18. The molecule has 4 nitrogen and oxygen atoms in total. The fraction of sp³-hybridized carbons (Fsp3) is 0.238. The molecular formula is C21H17ClN2O2S. The van der Waals surface area contributed by atoms with E-state index in [1.54, 1.807) is 29.5 Å². The molecule has 136 valence electrons. The second-order valence-corrected chi connectivity index (χ2v) is 8.38. The van der Waals surface area contributed by atoms with Crippen molar-refractivity contribution in [3.63, 3.8) is 0 Å². The van der Waals surface area contributed by atoms with E-state index in [0.29, 0.717) is 22.3 Å². The summed E-state index contributed by atoms with van der Waals surface area (Å²) in [5, 5.41) is 2.68. The van der Waals surface area contributed by atoms with Crippen molar-refractivity contribution in [1.29, 1.82) is 0 Å². The largest absolute Gasteiger partial charge is 0.451 e. The Morgan fingerprint density at radius 3 is 2.78 bits per heavy atom. The highest BCUT2D eigenvalue weighted by Gasteiger charge is 2.28. The second-order valence-electron chi connectivity index (χ2n) is 6.88. The standard InChI is InChI=1S/C21H17ClN2O2S/c22-15-5-6-17-14(11-15)12-18(26-17)21(25)24-9-7-13(8-10-24)20-23-16-3-1-2-4-19(16)27-20/h1-6,11-13H,7-10H2. The molecule has 2 aromatic carbocycles. The number of carbonyl (C=O) groups is 1. The third-order valence-corrected chi connectivity index (χ3v) is 6.56. The molecule has 0 N–H and O–H groups in total. The molecule has 2 aromatic heterocycles. The zero-order chi connectivity index (χ0) is 18.4. The summed E-state index contributed by atoms with van der Waals surface area (Å²) in [5.41, 5.74) is 1.75. The van der Waals surface area contributed by atoms with Crippen LogP contribution in [-0.2, 0) is 0 Å². The molecule has 0 bridgehead atoms. The number of thiazole rings is 1. The number of benzene rings is 2. The number of fused-ring (bicyclic) bond motifs is 2. The van der Waals surface area contributed by atoms with Gasteiger partial charge in [-0.05, 0) is 49.2 Å². The van der Waals surface area contributed by atoms with Crippen molar-refractivity contribution in [2.24, 2.45) is 0 Å². The van der Waals surface area contributed by atoms with Crippen LogP contribution in [0.5, 0.6) is 0 Å². The monoisotopic (exact) mass is 396 g/mol. The average Bonchev–Trinajstić information content (AvgIpc) is 3.31. The molecule has 1 amide bonds. The van der Waals surface area contributed by atoms with Crippen molar-refractivity contribution in [2.45, 2.75) is 18.8 Å². The lowest BCUT2D eigenvalue weighted by molar-refractivity contribution is 0.0683. The maximum absolute atomic E-state index is 12.8. The smallest absolute Gasteiger partial charge is 0.289 e. The number of furan rings is 1. The second kappa shape index (κ2) is 6.66. The number of nitrogens with zero attached hydrogens (tertiary/aromatic N) is 2. The molecule has 1 fully saturated rings. The van der Waals surface area contributed by atoms with Gasteiger partial charge < -0.3 is 9.32 Å².